The number of carboxylic acid groups (broad SMARTS) is 1. The molecule has 0 heterocycles. The smallest absolute Gasteiger partial charge is 0.305 e. The van der Waals surface area contributed by atoms with Crippen molar-refractivity contribution >= 4 is 17.6 Å². The van der Waals surface area contributed by atoms with Crippen molar-refractivity contribution in [2.75, 3.05) is 0 Å². The lowest BCUT2D eigenvalue weighted by molar-refractivity contribution is -0.384. The largest absolute Gasteiger partial charge is 0.481 e. The molecule has 0 fully saturated rings. The molecule has 1 aromatic rings. The van der Waals surface area contributed by atoms with Crippen LogP contribution < -0.4 is 5.32 Å². The molecular formula is C14H18N2O5. The Morgan fingerprint density at radius 1 is 1.38 bits per heavy atom. The lowest BCUT2D eigenvalue weighted by Gasteiger charge is -2.20. The van der Waals surface area contributed by atoms with Gasteiger partial charge in [-0.15, -0.1) is 0 Å². The summed E-state index contributed by atoms with van der Waals surface area (Å²) < 4.78 is 0. The highest BCUT2D eigenvalue weighted by Crippen LogP contribution is 2.14. The number of benzene rings is 1. The van der Waals surface area contributed by atoms with Crippen molar-refractivity contribution in [3.63, 3.8) is 0 Å². The summed E-state index contributed by atoms with van der Waals surface area (Å²) in [5.41, 5.74) is 0.436. The van der Waals surface area contributed by atoms with Gasteiger partial charge in [0.05, 0.1) is 17.8 Å². The molecule has 0 aliphatic carbocycles. The molecule has 0 spiro atoms. The van der Waals surface area contributed by atoms with E-state index < -0.39 is 16.9 Å². The van der Waals surface area contributed by atoms with Gasteiger partial charge in [-0.25, -0.2) is 0 Å². The van der Waals surface area contributed by atoms with Crippen LogP contribution in [0.3, 0.4) is 0 Å². The first-order valence-corrected chi connectivity index (χ1v) is 6.54. The number of amides is 1. The Morgan fingerprint density at radius 3 is 2.57 bits per heavy atom. The Hall–Kier alpha value is -2.44. The number of carbonyl (C=O) groups is 2. The average molecular weight is 294 g/mol. The molecule has 114 valence electrons. The summed E-state index contributed by atoms with van der Waals surface area (Å²) in [7, 11) is 0. The lowest BCUT2D eigenvalue weighted by Crippen LogP contribution is -2.40. The minimum Gasteiger partial charge on any atom is -0.481 e. The number of carbonyl (C=O) groups excluding carboxylic acids is 1. The summed E-state index contributed by atoms with van der Waals surface area (Å²) in [4.78, 5) is 32.8. The van der Waals surface area contributed by atoms with Gasteiger partial charge in [-0.3, -0.25) is 19.7 Å². The molecule has 1 unspecified atom stereocenters. The van der Waals surface area contributed by atoms with Crippen LogP contribution in [0.4, 0.5) is 5.69 Å². The third-order valence-corrected chi connectivity index (χ3v) is 3.03. The van der Waals surface area contributed by atoms with E-state index in [1.54, 1.807) is 6.07 Å². The number of non-ortho nitro benzene ring substituents is 1. The van der Waals surface area contributed by atoms with Crippen molar-refractivity contribution in [3.05, 3.63) is 39.9 Å². The molecule has 0 saturated carbocycles. The fourth-order valence-corrected chi connectivity index (χ4v) is 1.86. The molecule has 0 saturated heterocycles. The second kappa shape index (κ2) is 7.37. The van der Waals surface area contributed by atoms with Crippen LogP contribution in [0.2, 0.25) is 0 Å². The Balaban J connectivity index is 2.69. The summed E-state index contributed by atoms with van der Waals surface area (Å²) >= 11 is 0. The van der Waals surface area contributed by atoms with Gasteiger partial charge in [0.1, 0.15) is 0 Å². The molecule has 7 heteroatoms. The molecule has 2 N–H and O–H groups in total. The Morgan fingerprint density at radius 2 is 2.05 bits per heavy atom. The highest BCUT2D eigenvalue weighted by atomic mass is 16.6. The standard InChI is InChI=1S/C14H18N2O5/c1-9(2)12(8-14(18)19)15-13(17)7-10-4-3-5-11(6-10)16(20)21/h3-6,9,12H,7-8H2,1-2H3,(H,15,17)(H,18,19). The first-order valence-electron chi connectivity index (χ1n) is 6.54. The van der Waals surface area contributed by atoms with Crippen LogP contribution in [-0.2, 0) is 16.0 Å². The maximum Gasteiger partial charge on any atom is 0.305 e. The second-order valence-electron chi connectivity index (χ2n) is 5.12. The number of hydrogen-bond donors (Lipinski definition) is 2. The van der Waals surface area contributed by atoms with Crippen molar-refractivity contribution in [1.82, 2.24) is 5.32 Å². The van der Waals surface area contributed by atoms with Gasteiger partial charge < -0.3 is 10.4 Å². The van der Waals surface area contributed by atoms with E-state index in [1.807, 2.05) is 13.8 Å². The fourth-order valence-electron chi connectivity index (χ4n) is 1.86. The van der Waals surface area contributed by atoms with Crippen molar-refractivity contribution in [1.29, 1.82) is 0 Å². The Bertz CT molecular complexity index is 542. The number of hydrogen-bond acceptors (Lipinski definition) is 4. The predicted molar refractivity (Wildman–Crippen MR) is 75.8 cm³/mol. The third-order valence-electron chi connectivity index (χ3n) is 3.03. The first kappa shape index (κ1) is 16.6. The molecule has 1 aromatic carbocycles. The summed E-state index contributed by atoms with van der Waals surface area (Å²) in [5, 5.41) is 22.1. The maximum atomic E-state index is 11.9. The van der Waals surface area contributed by atoms with Crippen LogP contribution in [0.25, 0.3) is 0 Å². The minimum atomic E-state index is -0.982. The normalized spacial score (nSPS) is 12.0. The minimum absolute atomic E-state index is 0.0184. The molecule has 0 aliphatic rings. The van der Waals surface area contributed by atoms with E-state index in [2.05, 4.69) is 5.32 Å². The number of nitro groups is 1. The Labute approximate surface area is 122 Å². The number of rotatable bonds is 7. The van der Waals surface area contributed by atoms with E-state index in [-0.39, 0.29) is 30.4 Å². The summed E-state index contributed by atoms with van der Waals surface area (Å²) in [6.45, 7) is 3.64. The first-order chi connectivity index (χ1) is 9.79. The fraction of sp³-hybridized carbons (Fsp3) is 0.429. The predicted octanol–water partition coefficient (Wildman–Crippen LogP) is 1.75. The van der Waals surface area contributed by atoms with Crippen molar-refractivity contribution in [2.45, 2.75) is 32.7 Å². The average Bonchev–Trinajstić information content (AvgIpc) is 2.37. The zero-order chi connectivity index (χ0) is 16.0. The van der Waals surface area contributed by atoms with Crippen LogP contribution in [0.15, 0.2) is 24.3 Å². The number of nitrogens with one attached hydrogen (secondary N) is 1. The van der Waals surface area contributed by atoms with Crippen LogP contribution in [-0.4, -0.2) is 27.9 Å². The monoisotopic (exact) mass is 294 g/mol. The molecule has 1 rings (SSSR count). The SMILES string of the molecule is CC(C)C(CC(=O)O)NC(=O)Cc1cccc([N+](=O)[O-])c1. The van der Waals surface area contributed by atoms with Gasteiger partial charge in [-0.1, -0.05) is 26.0 Å². The van der Waals surface area contributed by atoms with Gasteiger partial charge in [0.2, 0.25) is 5.91 Å². The number of nitrogens with zero attached hydrogens (tertiary/aromatic N) is 1. The van der Waals surface area contributed by atoms with E-state index in [0.717, 1.165) is 0 Å². The van der Waals surface area contributed by atoms with Crippen LogP contribution in [0.1, 0.15) is 25.8 Å². The maximum absolute atomic E-state index is 11.9. The molecule has 0 bridgehead atoms. The molecule has 21 heavy (non-hydrogen) atoms. The zero-order valence-electron chi connectivity index (χ0n) is 11.9. The van der Waals surface area contributed by atoms with E-state index in [9.17, 15) is 19.7 Å². The lowest BCUT2D eigenvalue weighted by atomic mass is 10.0. The highest BCUT2D eigenvalue weighted by Gasteiger charge is 2.19. The van der Waals surface area contributed by atoms with E-state index in [0.29, 0.717) is 5.56 Å². The van der Waals surface area contributed by atoms with Crippen LogP contribution >= 0.6 is 0 Å². The number of carboxylic acids is 1. The topological polar surface area (TPSA) is 110 Å². The van der Waals surface area contributed by atoms with Crippen molar-refractivity contribution < 1.29 is 19.6 Å². The molecule has 7 nitrogen and oxygen atoms in total. The van der Waals surface area contributed by atoms with Crippen LogP contribution in [0, 0.1) is 16.0 Å². The van der Waals surface area contributed by atoms with Gasteiger partial charge in [0.25, 0.3) is 5.69 Å². The van der Waals surface area contributed by atoms with Crippen molar-refractivity contribution in [3.8, 4) is 0 Å². The number of aliphatic carboxylic acids is 1. The van der Waals surface area contributed by atoms with E-state index >= 15 is 0 Å². The molecule has 0 aromatic heterocycles. The summed E-state index contributed by atoms with van der Waals surface area (Å²) in [6, 6.07) is 5.35. The van der Waals surface area contributed by atoms with E-state index in [4.69, 9.17) is 5.11 Å². The third kappa shape index (κ3) is 5.60. The van der Waals surface area contributed by atoms with Gasteiger partial charge >= 0.3 is 5.97 Å². The van der Waals surface area contributed by atoms with Crippen molar-refractivity contribution in [2.24, 2.45) is 5.92 Å². The molecule has 1 atom stereocenters. The van der Waals surface area contributed by atoms with E-state index in [1.165, 1.54) is 18.2 Å². The quantitative estimate of drug-likeness (QED) is 0.588. The van der Waals surface area contributed by atoms with Gasteiger partial charge in [0.15, 0.2) is 0 Å². The second-order valence-corrected chi connectivity index (χ2v) is 5.12. The molecule has 0 aliphatic heterocycles. The highest BCUT2D eigenvalue weighted by molar-refractivity contribution is 5.80. The molecule has 0 radical (unpaired) electrons. The van der Waals surface area contributed by atoms with Crippen LogP contribution in [0.5, 0.6) is 0 Å². The van der Waals surface area contributed by atoms with Gasteiger partial charge in [-0.05, 0) is 11.5 Å². The zero-order valence-corrected chi connectivity index (χ0v) is 11.9. The molecule has 1 amide bonds. The van der Waals surface area contributed by atoms with Gasteiger partial charge in [0, 0.05) is 18.2 Å². The Kier molecular flexibility index (Phi) is 5.83. The summed E-state index contributed by atoms with van der Waals surface area (Å²) in [6.07, 6.45) is -0.178. The summed E-state index contributed by atoms with van der Waals surface area (Å²) in [5.74, 6) is -1.35. The van der Waals surface area contributed by atoms with Gasteiger partial charge in [-0.2, -0.15) is 0 Å². The number of nitro benzene ring substituents is 1. The molecular weight excluding hydrogens is 276 g/mol.